The molecule has 2 rings (SSSR count). The lowest BCUT2D eigenvalue weighted by Crippen LogP contribution is -2.45. The average Bonchev–Trinajstić information content (AvgIpc) is 2.57. The Morgan fingerprint density at radius 2 is 1.84 bits per heavy atom. The molecule has 1 fully saturated rings. The molecule has 0 aliphatic heterocycles. The first-order chi connectivity index (χ1) is 11.7. The van der Waals surface area contributed by atoms with Crippen molar-refractivity contribution in [1.29, 1.82) is 0 Å². The summed E-state index contributed by atoms with van der Waals surface area (Å²) in [7, 11) is -0.489. The first-order valence-electron chi connectivity index (χ1n) is 9.05. The van der Waals surface area contributed by atoms with Gasteiger partial charge in [0.05, 0.1) is 4.90 Å². The van der Waals surface area contributed by atoms with Crippen LogP contribution in [0.3, 0.4) is 0 Å². The van der Waals surface area contributed by atoms with Crippen LogP contribution in [0.1, 0.15) is 51.5 Å². The van der Waals surface area contributed by atoms with Crippen molar-refractivity contribution < 1.29 is 13.2 Å². The number of carbonyl (C=O) groups excluding carboxylic acids is 1. The molecule has 1 aliphatic carbocycles. The number of hydrogen-bond acceptors (Lipinski definition) is 3. The topological polar surface area (TPSA) is 57.7 Å². The van der Waals surface area contributed by atoms with Gasteiger partial charge in [-0.1, -0.05) is 32.8 Å². The Morgan fingerprint density at radius 1 is 1.20 bits per heavy atom. The third kappa shape index (κ3) is 4.06. The summed E-state index contributed by atoms with van der Waals surface area (Å²) >= 11 is 0. The van der Waals surface area contributed by atoms with Crippen LogP contribution >= 0.6 is 0 Å². The minimum atomic E-state index is -3.53. The Hall–Kier alpha value is -1.40. The fourth-order valence-corrected chi connectivity index (χ4v) is 4.49. The van der Waals surface area contributed by atoms with Gasteiger partial charge in [0.15, 0.2) is 0 Å². The van der Waals surface area contributed by atoms with Gasteiger partial charge in [-0.25, -0.2) is 12.7 Å². The molecule has 6 heteroatoms. The molecule has 0 aromatic heterocycles. The van der Waals surface area contributed by atoms with Gasteiger partial charge in [0.2, 0.25) is 15.9 Å². The summed E-state index contributed by atoms with van der Waals surface area (Å²) in [5, 5.41) is 0. The predicted octanol–water partition coefficient (Wildman–Crippen LogP) is 3.57. The van der Waals surface area contributed by atoms with Crippen molar-refractivity contribution >= 4 is 21.6 Å². The van der Waals surface area contributed by atoms with E-state index in [-0.39, 0.29) is 16.8 Å². The zero-order valence-electron chi connectivity index (χ0n) is 15.9. The zero-order valence-corrected chi connectivity index (χ0v) is 16.8. The molecule has 2 atom stereocenters. The number of nitrogens with zero attached hydrogens (tertiary/aromatic N) is 2. The Kier molecular flexibility index (Phi) is 6.27. The van der Waals surface area contributed by atoms with Gasteiger partial charge in [-0.15, -0.1) is 0 Å². The highest BCUT2D eigenvalue weighted by atomic mass is 32.2. The second-order valence-electron chi connectivity index (χ2n) is 7.18. The van der Waals surface area contributed by atoms with Crippen LogP contribution in [-0.4, -0.2) is 38.8 Å². The fraction of sp³-hybridized carbons (Fsp3) is 0.632. The van der Waals surface area contributed by atoms with Gasteiger partial charge in [-0.05, 0) is 43.4 Å². The number of anilines is 1. The van der Waals surface area contributed by atoms with Crippen LogP contribution in [0.2, 0.25) is 0 Å². The lowest BCUT2D eigenvalue weighted by atomic mass is 9.84. The summed E-state index contributed by atoms with van der Waals surface area (Å²) in [6, 6.07) is 5.22. The highest BCUT2D eigenvalue weighted by molar-refractivity contribution is 7.89. The van der Waals surface area contributed by atoms with Gasteiger partial charge in [0.1, 0.15) is 0 Å². The maximum Gasteiger partial charge on any atom is 0.242 e. The largest absolute Gasteiger partial charge is 0.309 e. The van der Waals surface area contributed by atoms with E-state index in [1.165, 1.54) is 24.8 Å². The molecule has 1 saturated carbocycles. The standard InChI is InChI=1S/C19H30N2O3S/c1-6-19(22)21(17-10-8-7-9-14(17)2)18-13-16(12-11-15(18)3)25(23,24)20(4)5/h11-14,17H,6-10H2,1-5H3. The molecule has 25 heavy (non-hydrogen) atoms. The molecule has 1 amide bonds. The molecule has 5 nitrogen and oxygen atoms in total. The summed E-state index contributed by atoms with van der Waals surface area (Å²) in [6.07, 6.45) is 4.79. The fourth-order valence-electron chi connectivity index (χ4n) is 3.57. The van der Waals surface area contributed by atoms with E-state index in [1.54, 1.807) is 18.2 Å². The van der Waals surface area contributed by atoms with Gasteiger partial charge in [0, 0.05) is 32.2 Å². The minimum Gasteiger partial charge on any atom is -0.309 e. The van der Waals surface area contributed by atoms with Crippen molar-refractivity contribution in [3.8, 4) is 0 Å². The number of carbonyl (C=O) groups is 1. The van der Waals surface area contributed by atoms with Crippen LogP contribution in [-0.2, 0) is 14.8 Å². The number of aryl methyl sites for hydroxylation is 1. The van der Waals surface area contributed by atoms with Crippen LogP contribution < -0.4 is 4.90 Å². The smallest absolute Gasteiger partial charge is 0.242 e. The quantitative estimate of drug-likeness (QED) is 0.800. The van der Waals surface area contributed by atoms with Crippen molar-refractivity contribution in [3.05, 3.63) is 23.8 Å². The van der Waals surface area contributed by atoms with E-state index in [1.807, 2.05) is 18.7 Å². The highest BCUT2D eigenvalue weighted by Crippen LogP contribution is 2.35. The van der Waals surface area contributed by atoms with Crippen molar-refractivity contribution in [1.82, 2.24) is 4.31 Å². The summed E-state index contributed by atoms with van der Waals surface area (Å²) in [4.78, 5) is 14.9. The highest BCUT2D eigenvalue weighted by Gasteiger charge is 2.32. The molecule has 2 unspecified atom stereocenters. The van der Waals surface area contributed by atoms with Gasteiger partial charge in [-0.3, -0.25) is 4.79 Å². The Labute approximate surface area is 152 Å². The molecule has 0 bridgehead atoms. The lowest BCUT2D eigenvalue weighted by molar-refractivity contribution is -0.119. The molecule has 0 heterocycles. The van der Waals surface area contributed by atoms with E-state index in [2.05, 4.69) is 6.92 Å². The second-order valence-corrected chi connectivity index (χ2v) is 9.33. The molecular formula is C19H30N2O3S. The van der Waals surface area contributed by atoms with Crippen LogP contribution in [0.4, 0.5) is 5.69 Å². The molecule has 0 N–H and O–H groups in total. The zero-order chi connectivity index (χ0) is 18.8. The third-order valence-electron chi connectivity index (χ3n) is 5.19. The molecule has 140 valence electrons. The van der Waals surface area contributed by atoms with Crippen molar-refractivity contribution in [2.24, 2.45) is 5.92 Å². The molecule has 1 aromatic carbocycles. The Morgan fingerprint density at radius 3 is 2.40 bits per heavy atom. The van der Waals surface area contributed by atoms with Gasteiger partial charge >= 0.3 is 0 Å². The number of rotatable bonds is 5. The van der Waals surface area contributed by atoms with E-state index in [9.17, 15) is 13.2 Å². The Bertz CT molecular complexity index is 728. The van der Waals surface area contributed by atoms with Crippen LogP contribution in [0.5, 0.6) is 0 Å². The predicted molar refractivity (Wildman–Crippen MR) is 101 cm³/mol. The molecule has 1 aromatic rings. The van der Waals surface area contributed by atoms with Crippen molar-refractivity contribution in [3.63, 3.8) is 0 Å². The third-order valence-corrected chi connectivity index (χ3v) is 7.00. The maximum absolute atomic E-state index is 12.8. The van der Waals surface area contributed by atoms with Gasteiger partial charge in [-0.2, -0.15) is 0 Å². The van der Waals surface area contributed by atoms with Crippen molar-refractivity contribution in [2.45, 2.75) is 63.8 Å². The number of amides is 1. The van der Waals surface area contributed by atoms with E-state index in [4.69, 9.17) is 0 Å². The number of sulfonamides is 1. The van der Waals surface area contributed by atoms with Gasteiger partial charge < -0.3 is 4.90 Å². The van der Waals surface area contributed by atoms with E-state index >= 15 is 0 Å². The summed E-state index contributed by atoms with van der Waals surface area (Å²) in [6.45, 7) is 5.99. The molecular weight excluding hydrogens is 336 g/mol. The van der Waals surface area contributed by atoms with E-state index < -0.39 is 10.0 Å². The van der Waals surface area contributed by atoms with Crippen molar-refractivity contribution in [2.75, 3.05) is 19.0 Å². The summed E-state index contributed by atoms with van der Waals surface area (Å²) < 4.78 is 26.2. The van der Waals surface area contributed by atoms with E-state index in [0.29, 0.717) is 12.3 Å². The molecule has 0 spiro atoms. The summed E-state index contributed by atoms with van der Waals surface area (Å²) in [5.74, 6) is 0.471. The van der Waals surface area contributed by atoms with Crippen LogP contribution in [0, 0.1) is 12.8 Å². The van der Waals surface area contributed by atoms with Crippen LogP contribution in [0.15, 0.2) is 23.1 Å². The normalized spacial score (nSPS) is 21.4. The second kappa shape index (κ2) is 7.87. The average molecular weight is 367 g/mol. The Balaban J connectivity index is 2.55. The van der Waals surface area contributed by atoms with E-state index in [0.717, 1.165) is 30.5 Å². The number of benzene rings is 1. The SMILES string of the molecule is CCC(=O)N(c1cc(S(=O)(=O)N(C)C)ccc1C)C1CCCCC1C. The lowest BCUT2D eigenvalue weighted by Gasteiger charge is -2.39. The monoisotopic (exact) mass is 366 g/mol. The summed E-state index contributed by atoms with van der Waals surface area (Å²) in [5.41, 5.74) is 1.66. The minimum absolute atomic E-state index is 0.0567. The molecule has 0 radical (unpaired) electrons. The molecule has 1 aliphatic rings. The maximum atomic E-state index is 12.8. The molecule has 0 saturated heterocycles. The first-order valence-corrected chi connectivity index (χ1v) is 10.5. The first kappa shape index (κ1) is 19.9. The van der Waals surface area contributed by atoms with Gasteiger partial charge in [0.25, 0.3) is 0 Å². The van der Waals surface area contributed by atoms with Crippen LogP contribution in [0.25, 0.3) is 0 Å². The number of hydrogen-bond donors (Lipinski definition) is 0.